The molecular formula is C19H19BrO2. The third kappa shape index (κ3) is 1.32. The number of hydrogen-bond acceptors (Lipinski definition) is 2. The maximum Gasteiger partial charge on any atom is 0.139 e. The van der Waals surface area contributed by atoms with E-state index in [0.717, 1.165) is 36.6 Å². The lowest BCUT2D eigenvalue weighted by Gasteiger charge is -2.43. The van der Waals surface area contributed by atoms with Crippen molar-refractivity contribution in [3.05, 3.63) is 33.3 Å². The minimum absolute atomic E-state index is 0.0951. The molecule has 22 heavy (non-hydrogen) atoms. The standard InChI is InChI=1S/C19H19BrO2/c1-18-5-4-12-13-8-15(20)16(21)6-10(13)2-3-14(12)19(18)9-11(19)7-17(18)22/h6,8,11,21H,2-5,7,9H2,1H3/t11?,18-,19?/m1/s1. The van der Waals surface area contributed by atoms with Gasteiger partial charge >= 0.3 is 0 Å². The molecule has 0 amide bonds. The Bertz CT molecular complexity index is 778. The van der Waals surface area contributed by atoms with Crippen molar-refractivity contribution in [1.29, 1.82) is 0 Å². The molecule has 0 bridgehead atoms. The average molecular weight is 359 g/mol. The van der Waals surface area contributed by atoms with E-state index in [2.05, 4.69) is 28.9 Å². The van der Waals surface area contributed by atoms with Gasteiger partial charge in [0.25, 0.3) is 0 Å². The van der Waals surface area contributed by atoms with Gasteiger partial charge in [-0.15, -0.1) is 0 Å². The van der Waals surface area contributed by atoms with Crippen molar-refractivity contribution in [2.45, 2.75) is 45.4 Å². The maximum atomic E-state index is 12.5. The summed E-state index contributed by atoms with van der Waals surface area (Å²) in [5, 5.41) is 9.95. The summed E-state index contributed by atoms with van der Waals surface area (Å²) in [6.07, 6.45) is 6.11. The van der Waals surface area contributed by atoms with Gasteiger partial charge < -0.3 is 5.11 Å². The molecule has 1 spiro atoms. The highest BCUT2D eigenvalue weighted by Crippen LogP contribution is 2.79. The van der Waals surface area contributed by atoms with Gasteiger partial charge in [-0.3, -0.25) is 4.79 Å². The molecule has 0 aromatic heterocycles. The fourth-order valence-corrected chi connectivity index (χ4v) is 6.18. The van der Waals surface area contributed by atoms with E-state index in [1.807, 2.05) is 6.07 Å². The zero-order valence-electron chi connectivity index (χ0n) is 12.7. The molecule has 2 nitrogen and oxygen atoms in total. The molecule has 114 valence electrons. The van der Waals surface area contributed by atoms with E-state index in [-0.39, 0.29) is 10.8 Å². The van der Waals surface area contributed by atoms with Gasteiger partial charge in [0.15, 0.2) is 0 Å². The monoisotopic (exact) mass is 358 g/mol. The number of hydrogen-bond donors (Lipinski definition) is 1. The van der Waals surface area contributed by atoms with Crippen LogP contribution in [0.1, 0.15) is 50.2 Å². The summed E-state index contributed by atoms with van der Waals surface area (Å²) >= 11 is 3.46. The number of halogens is 1. The number of rotatable bonds is 0. The SMILES string of the molecule is C[C@]12CCC3=C(CCc4cc(O)c(Br)cc43)C13CC3CC2=O. The largest absolute Gasteiger partial charge is 0.507 e. The molecule has 0 radical (unpaired) electrons. The normalized spacial score (nSPS) is 38.3. The number of aromatic hydroxyl groups is 1. The second-order valence-corrected chi connectivity index (χ2v) is 8.60. The first-order valence-electron chi connectivity index (χ1n) is 8.25. The number of benzene rings is 1. The summed E-state index contributed by atoms with van der Waals surface area (Å²) in [7, 11) is 0. The van der Waals surface area contributed by atoms with Gasteiger partial charge in [0.1, 0.15) is 11.5 Å². The molecule has 1 aromatic carbocycles. The van der Waals surface area contributed by atoms with Crippen LogP contribution in [0.2, 0.25) is 0 Å². The average Bonchev–Trinajstić information content (AvgIpc) is 3.14. The zero-order chi connectivity index (χ0) is 15.3. The predicted octanol–water partition coefficient (Wildman–Crippen LogP) is 4.63. The summed E-state index contributed by atoms with van der Waals surface area (Å²) in [6.45, 7) is 2.23. The predicted molar refractivity (Wildman–Crippen MR) is 88.6 cm³/mol. The van der Waals surface area contributed by atoms with Gasteiger partial charge in [-0.1, -0.05) is 12.5 Å². The Morgan fingerprint density at radius 1 is 1.27 bits per heavy atom. The zero-order valence-corrected chi connectivity index (χ0v) is 14.3. The number of ketones is 1. The van der Waals surface area contributed by atoms with Crippen LogP contribution in [-0.2, 0) is 11.2 Å². The smallest absolute Gasteiger partial charge is 0.139 e. The van der Waals surface area contributed by atoms with Crippen LogP contribution in [0, 0.1) is 16.7 Å². The first-order chi connectivity index (χ1) is 10.5. The van der Waals surface area contributed by atoms with Gasteiger partial charge in [0, 0.05) is 17.3 Å². The molecule has 2 saturated carbocycles. The molecule has 0 heterocycles. The third-order valence-electron chi connectivity index (χ3n) is 7.06. The highest BCUT2D eigenvalue weighted by molar-refractivity contribution is 9.10. The summed E-state index contributed by atoms with van der Waals surface area (Å²) in [5.41, 5.74) is 5.74. The topological polar surface area (TPSA) is 37.3 Å². The summed E-state index contributed by atoms with van der Waals surface area (Å²) in [5.74, 6) is 1.45. The molecule has 3 atom stereocenters. The van der Waals surface area contributed by atoms with Crippen molar-refractivity contribution < 1.29 is 9.90 Å². The summed E-state index contributed by atoms with van der Waals surface area (Å²) in [4.78, 5) is 12.5. The molecular weight excluding hydrogens is 340 g/mol. The van der Waals surface area contributed by atoms with Crippen molar-refractivity contribution in [2.75, 3.05) is 0 Å². The number of phenols is 1. The molecule has 1 N–H and O–H groups in total. The van der Waals surface area contributed by atoms with Crippen LogP contribution in [0.4, 0.5) is 0 Å². The Labute approximate surface area is 138 Å². The Morgan fingerprint density at radius 2 is 2.09 bits per heavy atom. The third-order valence-corrected chi connectivity index (χ3v) is 7.69. The number of carbonyl (C=O) groups excluding carboxylic acids is 1. The van der Waals surface area contributed by atoms with Crippen molar-refractivity contribution >= 4 is 27.3 Å². The Balaban J connectivity index is 1.73. The Kier molecular flexibility index (Phi) is 2.35. The van der Waals surface area contributed by atoms with E-state index in [4.69, 9.17) is 0 Å². The first-order valence-corrected chi connectivity index (χ1v) is 9.04. The van der Waals surface area contributed by atoms with Crippen molar-refractivity contribution in [3.8, 4) is 5.75 Å². The fraction of sp³-hybridized carbons (Fsp3) is 0.526. The number of fused-ring (bicyclic) bond motifs is 2. The number of phenolic OH excluding ortho intramolecular Hbond substituents is 1. The second kappa shape index (κ2) is 3.87. The van der Waals surface area contributed by atoms with Gasteiger partial charge in [0.2, 0.25) is 0 Å². The van der Waals surface area contributed by atoms with Gasteiger partial charge in [-0.05, 0) is 82.8 Å². The molecule has 0 aliphatic heterocycles. The molecule has 4 aliphatic rings. The van der Waals surface area contributed by atoms with E-state index in [0.29, 0.717) is 17.5 Å². The lowest BCUT2D eigenvalue weighted by Crippen LogP contribution is -2.38. The van der Waals surface area contributed by atoms with Crippen LogP contribution in [0.5, 0.6) is 5.75 Å². The van der Waals surface area contributed by atoms with Crippen molar-refractivity contribution in [2.24, 2.45) is 16.7 Å². The highest BCUT2D eigenvalue weighted by atomic mass is 79.9. The van der Waals surface area contributed by atoms with Crippen LogP contribution < -0.4 is 0 Å². The quantitative estimate of drug-likeness (QED) is 0.733. The number of aryl methyl sites for hydroxylation is 1. The minimum atomic E-state index is -0.0951. The maximum absolute atomic E-state index is 12.5. The first kappa shape index (κ1) is 13.4. The van der Waals surface area contributed by atoms with Crippen LogP contribution in [0.25, 0.3) is 5.57 Å². The van der Waals surface area contributed by atoms with Gasteiger partial charge in [0.05, 0.1) is 4.47 Å². The van der Waals surface area contributed by atoms with Crippen LogP contribution in [0.15, 0.2) is 22.2 Å². The summed E-state index contributed by atoms with van der Waals surface area (Å²) < 4.78 is 0.778. The van der Waals surface area contributed by atoms with E-state index < -0.39 is 0 Å². The van der Waals surface area contributed by atoms with Crippen molar-refractivity contribution in [3.63, 3.8) is 0 Å². The van der Waals surface area contributed by atoms with Gasteiger partial charge in [-0.2, -0.15) is 0 Å². The van der Waals surface area contributed by atoms with Gasteiger partial charge in [-0.25, -0.2) is 0 Å². The second-order valence-electron chi connectivity index (χ2n) is 7.75. The van der Waals surface area contributed by atoms with Crippen LogP contribution in [-0.4, -0.2) is 10.9 Å². The Hall–Kier alpha value is -1.09. The van der Waals surface area contributed by atoms with Crippen molar-refractivity contribution in [1.82, 2.24) is 0 Å². The van der Waals surface area contributed by atoms with E-state index in [1.54, 1.807) is 5.57 Å². The van der Waals surface area contributed by atoms with E-state index >= 15 is 0 Å². The van der Waals surface area contributed by atoms with Crippen LogP contribution >= 0.6 is 15.9 Å². The molecule has 3 heteroatoms. The number of allylic oxidation sites excluding steroid dienone is 2. The Morgan fingerprint density at radius 3 is 2.91 bits per heavy atom. The number of carbonyl (C=O) groups is 1. The van der Waals surface area contributed by atoms with Crippen LogP contribution in [0.3, 0.4) is 0 Å². The summed E-state index contributed by atoms with van der Waals surface area (Å²) in [6, 6.07) is 4.01. The lowest BCUT2D eigenvalue weighted by atomic mass is 9.59. The molecule has 5 rings (SSSR count). The molecule has 4 aliphatic carbocycles. The molecule has 2 fully saturated rings. The number of Topliss-reactive ketones (excluding diaryl/α,β-unsaturated/α-hetero) is 1. The van der Waals surface area contributed by atoms with E-state index in [1.165, 1.54) is 23.1 Å². The fourth-order valence-electron chi connectivity index (χ4n) is 5.83. The van der Waals surface area contributed by atoms with E-state index in [9.17, 15) is 9.90 Å². The molecule has 1 aromatic rings. The minimum Gasteiger partial charge on any atom is -0.507 e. The highest BCUT2D eigenvalue weighted by Gasteiger charge is 2.74. The molecule has 0 saturated heterocycles. The molecule has 2 unspecified atom stereocenters. The lowest BCUT2D eigenvalue weighted by molar-refractivity contribution is -0.128.